The van der Waals surface area contributed by atoms with Crippen LogP contribution >= 0.6 is 0 Å². The second kappa shape index (κ2) is 11.2. The number of benzene rings is 3. The highest BCUT2D eigenvalue weighted by molar-refractivity contribution is 5.99. The third kappa shape index (κ3) is 5.52. The van der Waals surface area contributed by atoms with E-state index in [1.54, 1.807) is 13.1 Å². The molecular formula is C27H26N4O5. The molecule has 36 heavy (non-hydrogen) atoms. The molecule has 0 aliphatic rings. The first kappa shape index (κ1) is 24.5. The molecule has 0 aliphatic heterocycles. The van der Waals surface area contributed by atoms with Gasteiger partial charge in [-0.3, -0.25) is 19.6 Å². The summed E-state index contributed by atoms with van der Waals surface area (Å²) in [5.74, 6) is -0.109. The number of nitro groups is 1. The number of hydrogen-bond acceptors (Lipinski definition) is 6. The van der Waals surface area contributed by atoms with Crippen molar-refractivity contribution in [2.24, 2.45) is 0 Å². The lowest BCUT2D eigenvalue weighted by molar-refractivity contribution is -0.385. The number of amides is 1. The molecule has 1 amide bonds. The molecule has 4 rings (SSSR count). The SMILES string of the molecule is CCOc1cc(C(=O)NCc2ccccc2-c2ccc(Cn3cccn3)cc2)c([N+](=O)[O-])cc1OC. The molecule has 0 unspecified atom stereocenters. The molecule has 4 aromatic rings. The van der Waals surface area contributed by atoms with Gasteiger partial charge in [-0.15, -0.1) is 0 Å². The van der Waals surface area contributed by atoms with E-state index < -0.39 is 10.8 Å². The zero-order valence-electron chi connectivity index (χ0n) is 20.0. The highest BCUT2D eigenvalue weighted by atomic mass is 16.6. The van der Waals surface area contributed by atoms with Crippen LogP contribution in [0.5, 0.6) is 11.5 Å². The average Bonchev–Trinajstić information content (AvgIpc) is 3.41. The highest BCUT2D eigenvalue weighted by Gasteiger charge is 2.24. The highest BCUT2D eigenvalue weighted by Crippen LogP contribution is 2.35. The number of nitrogens with zero attached hydrogens (tertiary/aromatic N) is 3. The second-order valence-corrected chi connectivity index (χ2v) is 7.95. The number of aromatic nitrogens is 2. The van der Waals surface area contributed by atoms with Crippen molar-refractivity contribution in [2.75, 3.05) is 13.7 Å². The smallest absolute Gasteiger partial charge is 0.286 e. The standard InChI is InChI=1S/C27H26N4O5/c1-3-36-26-15-23(24(31(33)34)16-25(26)35-2)27(32)28-17-21-7-4-5-8-22(21)20-11-9-19(10-12-20)18-30-14-6-13-29-30/h4-16H,3,17-18H2,1-2H3,(H,28,32). The van der Waals surface area contributed by atoms with E-state index in [1.165, 1.54) is 19.2 Å². The third-order valence-electron chi connectivity index (χ3n) is 5.65. The van der Waals surface area contributed by atoms with Crippen LogP contribution in [0.25, 0.3) is 11.1 Å². The molecule has 9 heteroatoms. The van der Waals surface area contributed by atoms with Crippen molar-refractivity contribution in [1.82, 2.24) is 15.1 Å². The van der Waals surface area contributed by atoms with Gasteiger partial charge in [0.2, 0.25) is 0 Å². The Morgan fingerprint density at radius 3 is 2.53 bits per heavy atom. The Morgan fingerprint density at radius 2 is 1.86 bits per heavy atom. The van der Waals surface area contributed by atoms with E-state index in [-0.39, 0.29) is 29.3 Å². The van der Waals surface area contributed by atoms with Crippen molar-refractivity contribution >= 4 is 11.6 Å². The van der Waals surface area contributed by atoms with Crippen molar-refractivity contribution in [2.45, 2.75) is 20.0 Å². The Bertz CT molecular complexity index is 1350. The van der Waals surface area contributed by atoms with E-state index in [1.807, 2.05) is 65.5 Å². The Labute approximate surface area is 208 Å². The van der Waals surface area contributed by atoms with Gasteiger partial charge in [-0.05, 0) is 35.2 Å². The van der Waals surface area contributed by atoms with Gasteiger partial charge in [-0.2, -0.15) is 5.10 Å². The third-order valence-corrected chi connectivity index (χ3v) is 5.65. The number of methoxy groups -OCH3 is 1. The summed E-state index contributed by atoms with van der Waals surface area (Å²) >= 11 is 0. The number of carbonyl (C=O) groups excluding carboxylic acids is 1. The van der Waals surface area contributed by atoms with Crippen molar-refractivity contribution in [3.63, 3.8) is 0 Å². The zero-order chi connectivity index (χ0) is 25.5. The summed E-state index contributed by atoms with van der Waals surface area (Å²) in [5, 5.41) is 18.7. The minimum Gasteiger partial charge on any atom is -0.493 e. The van der Waals surface area contributed by atoms with E-state index in [4.69, 9.17) is 9.47 Å². The first-order valence-electron chi connectivity index (χ1n) is 11.4. The quantitative estimate of drug-likeness (QED) is 0.254. The molecule has 1 N–H and O–H groups in total. The predicted octanol–water partition coefficient (Wildman–Crippen LogP) is 4.84. The molecular weight excluding hydrogens is 460 g/mol. The summed E-state index contributed by atoms with van der Waals surface area (Å²) in [4.78, 5) is 24.0. The van der Waals surface area contributed by atoms with Gasteiger partial charge in [0.15, 0.2) is 11.5 Å². The summed E-state index contributed by atoms with van der Waals surface area (Å²) in [6.07, 6.45) is 3.66. The number of nitrogens with one attached hydrogen (secondary N) is 1. The van der Waals surface area contributed by atoms with E-state index >= 15 is 0 Å². The van der Waals surface area contributed by atoms with Crippen LogP contribution in [0, 0.1) is 10.1 Å². The maximum atomic E-state index is 13.0. The van der Waals surface area contributed by atoms with Crippen LogP contribution in [-0.2, 0) is 13.1 Å². The van der Waals surface area contributed by atoms with Crippen molar-refractivity contribution in [3.05, 3.63) is 106 Å². The van der Waals surface area contributed by atoms with Crippen LogP contribution in [-0.4, -0.2) is 34.3 Å². The van der Waals surface area contributed by atoms with Gasteiger partial charge in [0.05, 0.1) is 31.3 Å². The Kier molecular flexibility index (Phi) is 7.60. The number of hydrogen-bond donors (Lipinski definition) is 1. The van der Waals surface area contributed by atoms with E-state index in [2.05, 4.69) is 10.4 Å². The summed E-state index contributed by atoms with van der Waals surface area (Å²) in [6, 6.07) is 20.3. The van der Waals surface area contributed by atoms with Crippen molar-refractivity contribution in [3.8, 4) is 22.6 Å². The molecule has 9 nitrogen and oxygen atoms in total. The Morgan fingerprint density at radius 1 is 1.08 bits per heavy atom. The monoisotopic (exact) mass is 486 g/mol. The van der Waals surface area contributed by atoms with Gasteiger partial charge in [0.1, 0.15) is 5.56 Å². The number of rotatable bonds is 10. The maximum Gasteiger partial charge on any atom is 0.286 e. The average molecular weight is 487 g/mol. The van der Waals surface area contributed by atoms with Crippen LogP contribution in [0.3, 0.4) is 0 Å². The summed E-state index contributed by atoms with van der Waals surface area (Å²) in [6.45, 7) is 2.97. The first-order chi connectivity index (χ1) is 17.5. The molecule has 1 heterocycles. The fourth-order valence-corrected chi connectivity index (χ4v) is 3.91. The van der Waals surface area contributed by atoms with Gasteiger partial charge >= 0.3 is 0 Å². The van der Waals surface area contributed by atoms with E-state index in [9.17, 15) is 14.9 Å². The molecule has 0 saturated carbocycles. The van der Waals surface area contributed by atoms with Crippen molar-refractivity contribution < 1.29 is 19.2 Å². The Balaban J connectivity index is 1.54. The molecule has 0 spiro atoms. The minimum absolute atomic E-state index is 0.0929. The van der Waals surface area contributed by atoms with Gasteiger partial charge in [0.25, 0.3) is 11.6 Å². The topological polar surface area (TPSA) is 109 Å². The fourth-order valence-electron chi connectivity index (χ4n) is 3.91. The summed E-state index contributed by atoms with van der Waals surface area (Å²) in [7, 11) is 1.39. The molecule has 0 radical (unpaired) electrons. The molecule has 0 bridgehead atoms. The molecule has 1 aromatic heterocycles. The Hall–Kier alpha value is -4.66. The zero-order valence-corrected chi connectivity index (χ0v) is 20.0. The van der Waals surface area contributed by atoms with Crippen LogP contribution in [0.1, 0.15) is 28.4 Å². The number of nitro benzene ring substituents is 1. The lowest BCUT2D eigenvalue weighted by Crippen LogP contribution is -2.24. The molecule has 0 saturated heterocycles. The van der Waals surface area contributed by atoms with Crippen LogP contribution in [0.2, 0.25) is 0 Å². The maximum absolute atomic E-state index is 13.0. The molecule has 0 atom stereocenters. The molecule has 184 valence electrons. The molecule has 0 aliphatic carbocycles. The molecule has 3 aromatic carbocycles. The fraction of sp³-hybridized carbons (Fsp3) is 0.185. The van der Waals surface area contributed by atoms with Crippen LogP contribution in [0.4, 0.5) is 5.69 Å². The second-order valence-electron chi connectivity index (χ2n) is 7.95. The lowest BCUT2D eigenvalue weighted by Gasteiger charge is -2.14. The minimum atomic E-state index is -0.605. The van der Waals surface area contributed by atoms with Crippen LogP contribution < -0.4 is 14.8 Å². The summed E-state index contributed by atoms with van der Waals surface area (Å²) < 4.78 is 12.5. The van der Waals surface area contributed by atoms with Crippen LogP contribution in [0.15, 0.2) is 79.1 Å². The van der Waals surface area contributed by atoms with Gasteiger partial charge in [0, 0.05) is 25.0 Å². The van der Waals surface area contributed by atoms with E-state index in [0.29, 0.717) is 13.2 Å². The number of ether oxygens (including phenoxy) is 2. The largest absolute Gasteiger partial charge is 0.493 e. The lowest BCUT2D eigenvalue weighted by atomic mass is 9.98. The van der Waals surface area contributed by atoms with E-state index in [0.717, 1.165) is 22.3 Å². The van der Waals surface area contributed by atoms with Crippen molar-refractivity contribution in [1.29, 1.82) is 0 Å². The van der Waals surface area contributed by atoms with Gasteiger partial charge < -0.3 is 14.8 Å². The van der Waals surface area contributed by atoms with Gasteiger partial charge in [-0.25, -0.2) is 0 Å². The first-order valence-corrected chi connectivity index (χ1v) is 11.4. The molecule has 0 fully saturated rings. The normalized spacial score (nSPS) is 10.6. The number of carbonyl (C=O) groups is 1. The summed E-state index contributed by atoms with van der Waals surface area (Å²) in [5.41, 5.74) is 3.51. The van der Waals surface area contributed by atoms with Gasteiger partial charge in [-0.1, -0.05) is 48.5 Å². The predicted molar refractivity (Wildman–Crippen MR) is 135 cm³/mol.